The molecule has 0 aliphatic carbocycles. The standard InChI is InChI=1S/C33H66/c1-3-5-7-9-11-13-15-17-19-21-23-25-27-29-31-33-32-30-28-26-24-22-20-18-16-14-12-10-8-6-4-2/h19,21H,3-18,20,22-33H2,1-2H3. The average molecular weight is 463 g/mol. The topological polar surface area (TPSA) is 0 Å². The SMILES string of the molecule is CCCCCCCCCC=CCCCCCCCCCCCCCCCCCCCCCC. The predicted molar refractivity (Wildman–Crippen MR) is 154 cm³/mol. The van der Waals surface area contributed by atoms with Gasteiger partial charge in [-0.05, 0) is 25.7 Å². The molecule has 0 radical (unpaired) electrons. The van der Waals surface area contributed by atoms with Crippen LogP contribution in [0.1, 0.15) is 200 Å². The van der Waals surface area contributed by atoms with Gasteiger partial charge in [0.1, 0.15) is 0 Å². The Kier molecular flexibility index (Phi) is 31.5. The molecule has 0 heterocycles. The monoisotopic (exact) mass is 463 g/mol. The van der Waals surface area contributed by atoms with Gasteiger partial charge in [-0.2, -0.15) is 0 Å². The fraction of sp³-hybridized carbons (Fsp3) is 0.939. The van der Waals surface area contributed by atoms with E-state index in [4.69, 9.17) is 0 Å². The van der Waals surface area contributed by atoms with Crippen LogP contribution in [-0.2, 0) is 0 Å². The highest BCUT2D eigenvalue weighted by molar-refractivity contribution is 4.81. The third kappa shape index (κ3) is 31.7. The summed E-state index contributed by atoms with van der Waals surface area (Å²) in [6.45, 7) is 4.60. The molecule has 0 fully saturated rings. The molecular weight excluding hydrogens is 396 g/mol. The molecule has 0 rings (SSSR count). The van der Waals surface area contributed by atoms with Gasteiger partial charge in [-0.25, -0.2) is 0 Å². The number of hydrogen-bond donors (Lipinski definition) is 0. The number of hydrogen-bond acceptors (Lipinski definition) is 0. The summed E-state index contributed by atoms with van der Waals surface area (Å²) < 4.78 is 0. The summed E-state index contributed by atoms with van der Waals surface area (Å²) in [5.74, 6) is 0. The van der Waals surface area contributed by atoms with Gasteiger partial charge in [0.05, 0.1) is 0 Å². The molecule has 0 aliphatic heterocycles. The maximum Gasteiger partial charge on any atom is -0.0351 e. The largest absolute Gasteiger partial charge is 0.0885 e. The molecule has 0 spiro atoms. The van der Waals surface area contributed by atoms with E-state index in [2.05, 4.69) is 26.0 Å². The summed E-state index contributed by atoms with van der Waals surface area (Å²) >= 11 is 0. The molecule has 0 aromatic rings. The molecule has 0 aromatic carbocycles. The Labute approximate surface area is 212 Å². The first-order valence-electron chi connectivity index (χ1n) is 16.1. The van der Waals surface area contributed by atoms with Crippen molar-refractivity contribution in [1.82, 2.24) is 0 Å². The molecule has 0 aliphatic rings. The van der Waals surface area contributed by atoms with Gasteiger partial charge in [0, 0.05) is 0 Å². The van der Waals surface area contributed by atoms with Crippen LogP contribution in [0.5, 0.6) is 0 Å². The van der Waals surface area contributed by atoms with E-state index in [1.165, 1.54) is 186 Å². The Bertz CT molecular complexity index is 342. The van der Waals surface area contributed by atoms with Crippen LogP contribution in [0, 0.1) is 0 Å². The maximum absolute atomic E-state index is 2.45. The van der Waals surface area contributed by atoms with Gasteiger partial charge in [-0.15, -0.1) is 0 Å². The van der Waals surface area contributed by atoms with E-state index in [1.54, 1.807) is 0 Å². The van der Waals surface area contributed by atoms with E-state index in [1.807, 2.05) is 0 Å². The van der Waals surface area contributed by atoms with E-state index >= 15 is 0 Å². The third-order valence-electron chi connectivity index (χ3n) is 7.37. The zero-order chi connectivity index (χ0) is 23.9. The fourth-order valence-corrected chi connectivity index (χ4v) is 4.97. The summed E-state index contributed by atoms with van der Waals surface area (Å²) in [4.78, 5) is 0. The Balaban J connectivity index is 3.05. The molecule has 0 heteroatoms. The summed E-state index contributed by atoms with van der Waals surface area (Å²) in [6, 6.07) is 0. The van der Waals surface area contributed by atoms with E-state index in [0.717, 1.165) is 0 Å². The van der Waals surface area contributed by atoms with E-state index in [0.29, 0.717) is 0 Å². The third-order valence-corrected chi connectivity index (χ3v) is 7.37. The van der Waals surface area contributed by atoms with Crippen molar-refractivity contribution in [3.63, 3.8) is 0 Å². The van der Waals surface area contributed by atoms with Crippen molar-refractivity contribution in [2.24, 2.45) is 0 Å². The smallest absolute Gasteiger partial charge is 0.0351 e. The summed E-state index contributed by atoms with van der Waals surface area (Å²) in [6.07, 6.45) is 46.9. The first-order valence-corrected chi connectivity index (χ1v) is 16.1. The highest BCUT2D eigenvalue weighted by Gasteiger charge is 1.95. The van der Waals surface area contributed by atoms with Crippen LogP contribution in [0.4, 0.5) is 0 Å². The fourth-order valence-electron chi connectivity index (χ4n) is 4.97. The highest BCUT2D eigenvalue weighted by Crippen LogP contribution is 2.15. The van der Waals surface area contributed by atoms with Crippen molar-refractivity contribution in [2.75, 3.05) is 0 Å². The van der Waals surface area contributed by atoms with Gasteiger partial charge in [0.2, 0.25) is 0 Å². The van der Waals surface area contributed by atoms with Crippen molar-refractivity contribution in [3.05, 3.63) is 12.2 Å². The molecule has 0 atom stereocenters. The van der Waals surface area contributed by atoms with Crippen LogP contribution in [0.2, 0.25) is 0 Å². The van der Waals surface area contributed by atoms with Gasteiger partial charge >= 0.3 is 0 Å². The van der Waals surface area contributed by atoms with Crippen LogP contribution in [0.15, 0.2) is 12.2 Å². The van der Waals surface area contributed by atoms with Crippen LogP contribution in [0.3, 0.4) is 0 Å². The summed E-state index contributed by atoms with van der Waals surface area (Å²) in [5, 5.41) is 0. The van der Waals surface area contributed by atoms with E-state index in [-0.39, 0.29) is 0 Å². The Morgan fingerprint density at radius 3 is 0.636 bits per heavy atom. The molecule has 0 aromatic heterocycles. The van der Waals surface area contributed by atoms with E-state index < -0.39 is 0 Å². The molecule has 0 nitrogen and oxygen atoms in total. The molecule has 0 N–H and O–H groups in total. The molecule has 0 bridgehead atoms. The predicted octanol–water partition coefficient (Wildman–Crippen LogP) is 12.9. The first kappa shape index (κ1) is 32.7. The molecule has 0 unspecified atom stereocenters. The normalized spacial score (nSPS) is 11.7. The molecule has 0 saturated carbocycles. The Morgan fingerprint density at radius 2 is 0.424 bits per heavy atom. The minimum absolute atomic E-state index is 1.31. The summed E-state index contributed by atoms with van der Waals surface area (Å²) in [7, 11) is 0. The zero-order valence-electron chi connectivity index (χ0n) is 23.7. The summed E-state index contributed by atoms with van der Waals surface area (Å²) in [5.41, 5.74) is 0. The van der Waals surface area contributed by atoms with Crippen LogP contribution in [0.25, 0.3) is 0 Å². The number of unbranched alkanes of at least 4 members (excludes halogenated alkanes) is 27. The second kappa shape index (κ2) is 31.7. The van der Waals surface area contributed by atoms with Crippen LogP contribution in [-0.4, -0.2) is 0 Å². The zero-order valence-corrected chi connectivity index (χ0v) is 23.7. The van der Waals surface area contributed by atoms with Crippen molar-refractivity contribution >= 4 is 0 Å². The van der Waals surface area contributed by atoms with Gasteiger partial charge in [-0.3, -0.25) is 0 Å². The van der Waals surface area contributed by atoms with Crippen LogP contribution >= 0.6 is 0 Å². The minimum atomic E-state index is 1.31. The maximum atomic E-state index is 2.45. The lowest BCUT2D eigenvalue weighted by Crippen LogP contribution is -1.84. The average Bonchev–Trinajstić information content (AvgIpc) is 2.83. The molecule has 0 saturated heterocycles. The highest BCUT2D eigenvalue weighted by atomic mass is 14.0. The molecule has 198 valence electrons. The molecule has 0 amide bonds. The number of allylic oxidation sites excluding steroid dienone is 2. The molecule has 33 heavy (non-hydrogen) atoms. The van der Waals surface area contributed by atoms with Crippen molar-refractivity contribution in [1.29, 1.82) is 0 Å². The van der Waals surface area contributed by atoms with Gasteiger partial charge in [0.25, 0.3) is 0 Å². The first-order chi connectivity index (χ1) is 16.4. The molecular formula is C33H66. The minimum Gasteiger partial charge on any atom is -0.0885 e. The second-order valence-electron chi connectivity index (χ2n) is 10.9. The van der Waals surface area contributed by atoms with Crippen molar-refractivity contribution < 1.29 is 0 Å². The lowest BCUT2D eigenvalue weighted by atomic mass is 10.0. The number of rotatable bonds is 29. The lowest BCUT2D eigenvalue weighted by molar-refractivity contribution is 0.522. The lowest BCUT2D eigenvalue weighted by Gasteiger charge is -2.04. The van der Waals surface area contributed by atoms with Crippen LogP contribution < -0.4 is 0 Å². The van der Waals surface area contributed by atoms with Gasteiger partial charge < -0.3 is 0 Å². The second-order valence-corrected chi connectivity index (χ2v) is 10.9. The quantitative estimate of drug-likeness (QED) is 0.0765. The van der Waals surface area contributed by atoms with Gasteiger partial charge in [0.15, 0.2) is 0 Å². The van der Waals surface area contributed by atoms with E-state index in [9.17, 15) is 0 Å². The van der Waals surface area contributed by atoms with Crippen molar-refractivity contribution in [2.45, 2.75) is 200 Å². The Morgan fingerprint density at radius 1 is 0.242 bits per heavy atom. The van der Waals surface area contributed by atoms with Crippen molar-refractivity contribution in [3.8, 4) is 0 Å². The van der Waals surface area contributed by atoms with Gasteiger partial charge in [-0.1, -0.05) is 187 Å². The Hall–Kier alpha value is -0.260.